The highest BCUT2D eigenvalue weighted by molar-refractivity contribution is 8.01. The number of amides is 2. The first-order valence-corrected chi connectivity index (χ1v) is 11.4. The number of thioether (sulfide) groups is 1. The summed E-state index contributed by atoms with van der Waals surface area (Å²) in [5.41, 5.74) is 2.84. The van der Waals surface area contributed by atoms with Crippen molar-refractivity contribution in [1.29, 1.82) is 0 Å². The van der Waals surface area contributed by atoms with Crippen molar-refractivity contribution in [1.82, 2.24) is 10.3 Å². The molecule has 3 rings (SSSR count). The van der Waals surface area contributed by atoms with Gasteiger partial charge >= 0.3 is 0 Å². The average molecular weight is 428 g/mol. The van der Waals surface area contributed by atoms with Crippen LogP contribution in [0.1, 0.15) is 43.7 Å². The predicted octanol–water partition coefficient (Wildman–Crippen LogP) is 4.09. The van der Waals surface area contributed by atoms with Crippen LogP contribution in [0.4, 0.5) is 5.69 Å². The van der Waals surface area contributed by atoms with Crippen LogP contribution in [0.25, 0.3) is 0 Å². The van der Waals surface area contributed by atoms with Gasteiger partial charge in [-0.2, -0.15) is 0 Å². The van der Waals surface area contributed by atoms with Gasteiger partial charge in [0.25, 0.3) is 0 Å². The molecule has 1 aliphatic carbocycles. The maximum atomic E-state index is 12.4. The van der Waals surface area contributed by atoms with E-state index in [0.717, 1.165) is 29.7 Å². The van der Waals surface area contributed by atoms with E-state index in [9.17, 15) is 9.59 Å². The van der Waals surface area contributed by atoms with E-state index in [1.807, 2.05) is 43.3 Å². The highest BCUT2D eigenvalue weighted by atomic mass is 32.2. The lowest BCUT2D eigenvalue weighted by Crippen LogP contribution is -2.31. The van der Waals surface area contributed by atoms with Crippen molar-refractivity contribution in [3.8, 4) is 5.88 Å². The second-order valence-corrected chi connectivity index (χ2v) is 8.94. The van der Waals surface area contributed by atoms with E-state index in [-0.39, 0.29) is 28.9 Å². The molecule has 1 aromatic carbocycles. The summed E-state index contributed by atoms with van der Waals surface area (Å²) in [5, 5.41) is 5.44. The Balaban J connectivity index is 1.39. The van der Waals surface area contributed by atoms with Gasteiger partial charge in [0.2, 0.25) is 17.7 Å². The van der Waals surface area contributed by atoms with Gasteiger partial charge in [-0.05, 0) is 63.3 Å². The number of carbonyl (C=O) groups is 2. The van der Waals surface area contributed by atoms with Crippen LogP contribution in [-0.4, -0.2) is 33.9 Å². The van der Waals surface area contributed by atoms with E-state index < -0.39 is 0 Å². The molecule has 0 aliphatic heterocycles. The summed E-state index contributed by atoms with van der Waals surface area (Å²) in [6, 6.07) is 11.4. The molecule has 1 fully saturated rings. The molecule has 0 spiro atoms. The zero-order chi connectivity index (χ0) is 21.3. The number of nitrogens with one attached hydrogen (secondary N) is 2. The Kier molecular flexibility index (Phi) is 8.13. The number of anilines is 1. The van der Waals surface area contributed by atoms with Crippen molar-refractivity contribution in [2.75, 3.05) is 11.1 Å². The van der Waals surface area contributed by atoms with Gasteiger partial charge in [0.1, 0.15) is 6.10 Å². The van der Waals surface area contributed by atoms with E-state index in [0.29, 0.717) is 12.4 Å². The van der Waals surface area contributed by atoms with Gasteiger partial charge in [-0.1, -0.05) is 17.7 Å². The minimum atomic E-state index is -0.329. The molecule has 6 nitrogen and oxygen atoms in total. The first-order valence-electron chi connectivity index (χ1n) is 10.4. The van der Waals surface area contributed by atoms with Crippen LogP contribution in [0.5, 0.6) is 5.88 Å². The third-order valence-electron chi connectivity index (χ3n) is 5.02. The Morgan fingerprint density at radius 2 is 1.93 bits per heavy atom. The molecular weight excluding hydrogens is 398 g/mol. The van der Waals surface area contributed by atoms with Crippen molar-refractivity contribution >= 4 is 29.3 Å². The minimum Gasteiger partial charge on any atom is -0.474 e. The molecule has 2 amide bonds. The SMILES string of the molecule is Cc1ccc(NC(=O)CSC(C)C(=O)NCc2ccnc(OC3CCCC3)c2)cc1. The van der Waals surface area contributed by atoms with Crippen molar-refractivity contribution < 1.29 is 14.3 Å². The topological polar surface area (TPSA) is 80.3 Å². The van der Waals surface area contributed by atoms with Gasteiger partial charge in [-0.25, -0.2) is 4.98 Å². The van der Waals surface area contributed by atoms with Crippen LogP contribution in [0, 0.1) is 6.92 Å². The molecule has 30 heavy (non-hydrogen) atoms. The predicted molar refractivity (Wildman–Crippen MR) is 121 cm³/mol. The Morgan fingerprint density at radius 3 is 2.67 bits per heavy atom. The van der Waals surface area contributed by atoms with Crippen molar-refractivity contribution in [2.24, 2.45) is 0 Å². The smallest absolute Gasteiger partial charge is 0.234 e. The van der Waals surface area contributed by atoms with Crippen LogP contribution in [0.3, 0.4) is 0 Å². The van der Waals surface area contributed by atoms with Crippen molar-refractivity contribution in [3.05, 3.63) is 53.7 Å². The van der Waals surface area contributed by atoms with Crippen molar-refractivity contribution in [3.63, 3.8) is 0 Å². The monoisotopic (exact) mass is 427 g/mol. The van der Waals surface area contributed by atoms with Crippen LogP contribution < -0.4 is 15.4 Å². The maximum Gasteiger partial charge on any atom is 0.234 e. The number of benzene rings is 1. The fourth-order valence-corrected chi connectivity index (χ4v) is 3.95. The summed E-state index contributed by atoms with van der Waals surface area (Å²) in [7, 11) is 0. The number of hydrogen-bond donors (Lipinski definition) is 2. The second kappa shape index (κ2) is 11.0. The Bertz CT molecular complexity index is 851. The molecule has 2 N–H and O–H groups in total. The molecule has 1 heterocycles. The average Bonchev–Trinajstić information content (AvgIpc) is 3.25. The number of aryl methyl sites for hydroxylation is 1. The second-order valence-electron chi connectivity index (χ2n) is 7.61. The van der Waals surface area contributed by atoms with Gasteiger partial charge in [0.15, 0.2) is 0 Å². The number of ether oxygens (including phenoxy) is 1. The van der Waals surface area contributed by atoms with Crippen molar-refractivity contribution in [2.45, 2.75) is 57.4 Å². The maximum absolute atomic E-state index is 12.4. The third-order valence-corrected chi connectivity index (χ3v) is 6.17. The first kappa shape index (κ1) is 22.2. The summed E-state index contributed by atoms with van der Waals surface area (Å²) in [6.07, 6.45) is 6.53. The fraction of sp³-hybridized carbons (Fsp3) is 0.435. The van der Waals surface area contributed by atoms with Gasteiger partial charge < -0.3 is 15.4 Å². The lowest BCUT2D eigenvalue weighted by atomic mass is 10.2. The molecule has 0 bridgehead atoms. The highest BCUT2D eigenvalue weighted by Crippen LogP contribution is 2.23. The molecule has 0 saturated heterocycles. The first-order chi connectivity index (χ1) is 14.5. The lowest BCUT2D eigenvalue weighted by Gasteiger charge is -2.14. The molecule has 1 saturated carbocycles. The van der Waals surface area contributed by atoms with Gasteiger partial charge in [0.05, 0.1) is 11.0 Å². The van der Waals surface area contributed by atoms with Crippen LogP contribution in [-0.2, 0) is 16.1 Å². The van der Waals surface area contributed by atoms with Crippen LogP contribution >= 0.6 is 11.8 Å². The van der Waals surface area contributed by atoms with E-state index in [2.05, 4.69) is 15.6 Å². The molecular formula is C23H29N3O3S. The number of nitrogens with zero attached hydrogens (tertiary/aromatic N) is 1. The van der Waals surface area contributed by atoms with E-state index in [4.69, 9.17) is 4.74 Å². The van der Waals surface area contributed by atoms with Gasteiger partial charge in [0, 0.05) is 24.5 Å². The molecule has 160 valence electrons. The molecule has 7 heteroatoms. The number of pyridine rings is 1. The van der Waals surface area contributed by atoms with Gasteiger partial charge in [-0.3, -0.25) is 9.59 Å². The van der Waals surface area contributed by atoms with Crippen LogP contribution in [0.15, 0.2) is 42.6 Å². The highest BCUT2D eigenvalue weighted by Gasteiger charge is 2.18. The summed E-state index contributed by atoms with van der Waals surface area (Å²) in [4.78, 5) is 28.7. The largest absolute Gasteiger partial charge is 0.474 e. The van der Waals surface area contributed by atoms with Crippen LogP contribution in [0.2, 0.25) is 0 Å². The number of aromatic nitrogens is 1. The molecule has 1 unspecified atom stereocenters. The lowest BCUT2D eigenvalue weighted by molar-refractivity contribution is -0.120. The molecule has 2 aromatic rings. The third kappa shape index (κ3) is 7.06. The summed E-state index contributed by atoms with van der Waals surface area (Å²) >= 11 is 1.31. The van der Waals surface area contributed by atoms with E-state index >= 15 is 0 Å². The van der Waals surface area contributed by atoms with Gasteiger partial charge in [-0.15, -0.1) is 11.8 Å². The standard InChI is InChI=1S/C23H29N3O3S/c1-16-7-9-19(10-8-16)26-21(27)15-30-17(2)23(28)25-14-18-11-12-24-22(13-18)29-20-5-3-4-6-20/h7-13,17,20H,3-6,14-15H2,1-2H3,(H,25,28)(H,26,27). The summed E-state index contributed by atoms with van der Waals surface area (Å²) < 4.78 is 5.92. The minimum absolute atomic E-state index is 0.0989. The summed E-state index contributed by atoms with van der Waals surface area (Å²) in [5.74, 6) is 0.616. The fourth-order valence-electron chi connectivity index (χ4n) is 3.25. The zero-order valence-electron chi connectivity index (χ0n) is 17.5. The van der Waals surface area contributed by atoms with E-state index in [1.54, 1.807) is 13.1 Å². The normalized spacial score (nSPS) is 14.9. The molecule has 1 aliphatic rings. The molecule has 1 aromatic heterocycles. The zero-order valence-corrected chi connectivity index (χ0v) is 18.3. The van der Waals surface area contributed by atoms with E-state index in [1.165, 1.54) is 24.6 Å². The number of carbonyl (C=O) groups excluding carboxylic acids is 2. The summed E-state index contributed by atoms with van der Waals surface area (Å²) in [6.45, 7) is 4.21. The number of rotatable bonds is 9. The Hall–Kier alpha value is -2.54. The molecule has 1 atom stereocenters. The number of hydrogen-bond acceptors (Lipinski definition) is 5. The molecule has 0 radical (unpaired) electrons. The Morgan fingerprint density at radius 1 is 1.20 bits per heavy atom. The quantitative estimate of drug-likeness (QED) is 0.630. The Labute approximate surface area is 182 Å².